The van der Waals surface area contributed by atoms with Gasteiger partial charge >= 0.3 is 0 Å². The lowest BCUT2D eigenvalue weighted by Crippen LogP contribution is -2.02. The Labute approximate surface area is 98.1 Å². The van der Waals surface area contributed by atoms with Crippen LogP contribution in [-0.4, -0.2) is 19.7 Å². The molecule has 6 heteroatoms. The fourth-order valence-electron chi connectivity index (χ4n) is 1.57. The van der Waals surface area contributed by atoms with E-state index in [-0.39, 0.29) is 11.6 Å². The summed E-state index contributed by atoms with van der Waals surface area (Å²) in [5.74, 6) is 0.249. The van der Waals surface area contributed by atoms with Gasteiger partial charge in [0.25, 0.3) is 5.69 Å². The Morgan fingerprint density at radius 1 is 1.41 bits per heavy atom. The van der Waals surface area contributed by atoms with Gasteiger partial charge in [0.2, 0.25) is 0 Å². The summed E-state index contributed by atoms with van der Waals surface area (Å²) in [6, 6.07) is 5.15. The van der Waals surface area contributed by atoms with Crippen molar-refractivity contribution in [2.24, 2.45) is 0 Å². The van der Waals surface area contributed by atoms with Crippen LogP contribution in [0.1, 0.15) is 25.3 Å². The molecule has 0 radical (unpaired) electrons. The highest BCUT2D eigenvalue weighted by molar-refractivity contribution is 5.54. The van der Waals surface area contributed by atoms with E-state index < -0.39 is 4.92 Å². The topological polar surface area (TPSA) is 73.8 Å². The third kappa shape index (κ3) is 2.15. The van der Waals surface area contributed by atoms with Gasteiger partial charge in [0.1, 0.15) is 18.3 Å². The van der Waals surface area contributed by atoms with Gasteiger partial charge in [-0.25, -0.2) is 9.67 Å². The van der Waals surface area contributed by atoms with E-state index in [4.69, 9.17) is 0 Å². The molecule has 1 heterocycles. The van der Waals surface area contributed by atoms with Crippen LogP contribution < -0.4 is 0 Å². The molecule has 0 N–H and O–H groups in total. The Balaban J connectivity index is 2.57. The van der Waals surface area contributed by atoms with Gasteiger partial charge in [-0.3, -0.25) is 10.1 Å². The largest absolute Gasteiger partial charge is 0.295 e. The Kier molecular flexibility index (Phi) is 2.86. The molecule has 2 rings (SSSR count). The van der Waals surface area contributed by atoms with Crippen LogP contribution in [0.25, 0.3) is 5.69 Å². The van der Waals surface area contributed by atoms with Crippen molar-refractivity contribution in [1.29, 1.82) is 0 Å². The Morgan fingerprint density at radius 2 is 2.18 bits per heavy atom. The van der Waals surface area contributed by atoms with Gasteiger partial charge in [0, 0.05) is 6.07 Å². The maximum absolute atomic E-state index is 11.0. The van der Waals surface area contributed by atoms with Crippen LogP contribution in [0, 0.1) is 10.1 Å². The van der Waals surface area contributed by atoms with Gasteiger partial charge in [-0.2, -0.15) is 5.10 Å². The number of nitro benzene ring substituents is 1. The lowest BCUT2D eigenvalue weighted by molar-refractivity contribution is -0.384. The molecule has 17 heavy (non-hydrogen) atoms. The first-order valence-electron chi connectivity index (χ1n) is 5.23. The molecule has 0 saturated carbocycles. The highest BCUT2D eigenvalue weighted by Crippen LogP contribution is 2.26. The predicted octanol–water partition coefficient (Wildman–Crippen LogP) is 2.30. The normalized spacial score (nSPS) is 10.8. The van der Waals surface area contributed by atoms with Crippen molar-refractivity contribution in [2.45, 2.75) is 19.8 Å². The average Bonchev–Trinajstić information content (AvgIpc) is 2.81. The van der Waals surface area contributed by atoms with Crippen molar-refractivity contribution in [3.63, 3.8) is 0 Å². The lowest BCUT2D eigenvalue weighted by atomic mass is 10.0. The molecule has 6 nitrogen and oxygen atoms in total. The zero-order valence-electron chi connectivity index (χ0n) is 9.57. The number of rotatable bonds is 3. The lowest BCUT2D eigenvalue weighted by Gasteiger charge is -2.07. The van der Waals surface area contributed by atoms with Gasteiger partial charge in [-0.1, -0.05) is 19.9 Å². The molecule has 0 spiro atoms. The molecule has 0 aliphatic rings. The number of nitro groups is 1. The van der Waals surface area contributed by atoms with Crippen LogP contribution in [0.2, 0.25) is 0 Å². The molecular weight excluding hydrogens is 220 g/mol. The van der Waals surface area contributed by atoms with Crippen molar-refractivity contribution < 1.29 is 4.92 Å². The summed E-state index contributed by atoms with van der Waals surface area (Å²) in [5, 5.41) is 14.9. The molecule has 0 aliphatic heterocycles. The summed E-state index contributed by atoms with van der Waals surface area (Å²) >= 11 is 0. The third-order valence-corrected chi connectivity index (χ3v) is 2.53. The molecule has 0 saturated heterocycles. The SMILES string of the molecule is CC(C)c1ccc(-n2cncn2)c([N+](=O)[O-])c1. The van der Waals surface area contributed by atoms with Gasteiger partial charge < -0.3 is 0 Å². The van der Waals surface area contributed by atoms with Crippen molar-refractivity contribution in [3.05, 3.63) is 46.5 Å². The fraction of sp³-hybridized carbons (Fsp3) is 0.273. The third-order valence-electron chi connectivity index (χ3n) is 2.53. The summed E-state index contributed by atoms with van der Waals surface area (Å²) in [6.45, 7) is 3.99. The molecule has 0 bridgehead atoms. The Hall–Kier alpha value is -2.24. The summed E-state index contributed by atoms with van der Waals surface area (Å²) in [7, 11) is 0. The molecule has 1 aromatic heterocycles. The van der Waals surface area contributed by atoms with E-state index in [1.54, 1.807) is 12.1 Å². The quantitative estimate of drug-likeness (QED) is 0.601. The van der Waals surface area contributed by atoms with E-state index in [2.05, 4.69) is 10.1 Å². The summed E-state index contributed by atoms with van der Waals surface area (Å²) in [5.41, 5.74) is 1.40. The summed E-state index contributed by atoms with van der Waals surface area (Å²) in [6.07, 6.45) is 2.79. The number of benzene rings is 1. The highest BCUT2D eigenvalue weighted by Gasteiger charge is 2.17. The molecule has 88 valence electrons. The van der Waals surface area contributed by atoms with Gasteiger partial charge in [-0.05, 0) is 17.5 Å². The molecule has 0 aliphatic carbocycles. The van der Waals surface area contributed by atoms with E-state index >= 15 is 0 Å². The van der Waals surface area contributed by atoms with Crippen LogP contribution in [0.3, 0.4) is 0 Å². The van der Waals surface area contributed by atoms with E-state index in [0.717, 1.165) is 5.56 Å². The highest BCUT2D eigenvalue weighted by atomic mass is 16.6. The molecule has 0 atom stereocenters. The Bertz CT molecular complexity index is 534. The van der Waals surface area contributed by atoms with Crippen molar-refractivity contribution in [2.75, 3.05) is 0 Å². The fourth-order valence-corrected chi connectivity index (χ4v) is 1.57. The minimum Gasteiger partial charge on any atom is -0.258 e. The number of nitrogens with zero attached hydrogens (tertiary/aromatic N) is 4. The second kappa shape index (κ2) is 4.32. The van der Waals surface area contributed by atoms with Gasteiger partial charge in [-0.15, -0.1) is 0 Å². The second-order valence-corrected chi connectivity index (χ2v) is 4.00. The maximum Gasteiger partial charge on any atom is 0.295 e. The zero-order chi connectivity index (χ0) is 12.4. The van der Waals surface area contributed by atoms with Crippen LogP contribution in [0.5, 0.6) is 0 Å². The first-order chi connectivity index (χ1) is 8.09. The Morgan fingerprint density at radius 3 is 2.71 bits per heavy atom. The van der Waals surface area contributed by atoms with E-state index in [0.29, 0.717) is 5.69 Å². The second-order valence-electron chi connectivity index (χ2n) is 4.00. The zero-order valence-corrected chi connectivity index (χ0v) is 9.57. The van der Waals surface area contributed by atoms with Crippen molar-refractivity contribution in [1.82, 2.24) is 14.8 Å². The average molecular weight is 232 g/mol. The minimum absolute atomic E-state index is 0.0432. The van der Waals surface area contributed by atoms with E-state index in [9.17, 15) is 10.1 Å². The van der Waals surface area contributed by atoms with Crippen LogP contribution in [0.15, 0.2) is 30.9 Å². The molecule has 2 aromatic rings. The van der Waals surface area contributed by atoms with E-state index in [1.165, 1.54) is 17.3 Å². The van der Waals surface area contributed by atoms with Gasteiger partial charge in [0.05, 0.1) is 4.92 Å². The van der Waals surface area contributed by atoms with Gasteiger partial charge in [0.15, 0.2) is 0 Å². The molecule has 0 amide bonds. The molecule has 0 fully saturated rings. The van der Waals surface area contributed by atoms with Crippen molar-refractivity contribution in [3.8, 4) is 5.69 Å². The number of hydrogen-bond donors (Lipinski definition) is 0. The molecular formula is C11H12N4O2. The standard InChI is InChI=1S/C11H12N4O2/c1-8(2)9-3-4-10(11(5-9)15(16)17)14-7-12-6-13-14/h3-8H,1-2H3. The van der Waals surface area contributed by atoms with Crippen LogP contribution in [0.4, 0.5) is 5.69 Å². The van der Waals surface area contributed by atoms with Crippen molar-refractivity contribution >= 4 is 5.69 Å². The minimum atomic E-state index is -0.400. The predicted molar refractivity (Wildman–Crippen MR) is 62.1 cm³/mol. The summed E-state index contributed by atoms with van der Waals surface area (Å²) in [4.78, 5) is 14.4. The number of aromatic nitrogens is 3. The van der Waals surface area contributed by atoms with Crippen LogP contribution >= 0.6 is 0 Å². The monoisotopic (exact) mass is 232 g/mol. The number of hydrogen-bond acceptors (Lipinski definition) is 4. The molecule has 0 unspecified atom stereocenters. The smallest absolute Gasteiger partial charge is 0.258 e. The van der Waals surface area contributed by atoms with Crippen LogP contribution in [-0.2, 0) is 0 Å². The summed E-state index contributed by atoms with van der Waals surface area (Å²) < 4.78 is 1.39. The first-order valence-corrected chi connectivity index (χ1v) is 5.23. The molecule has 1 aromatic carbocycles. The first kappa shape index (κ1) is 11.3. The maximum atomic E-state index is 11.0. The van der Waals surface area contributed by atoms with E-state index in [1.807, 2.05) is 19.9 Å².